The Bertz CT molecular complexity index is 507. The molecule has 1 atom stereocenters. The van der Waals surface area contributed by atoms with Crippen molar-refractivity contribution in [2.75, 3.05) is 40.8 Å². The van der Waals surface area contributed by atoms with Gasteiger partial charge in [0.1, 0.15) is 5.75 Å². The second kappa shape index (κ2) is 7.38. The van der Waals surface area contributed by atoms with E-state index in [-0.39, 0.29) is 11.8 Å². The first-order valence-electron chi connectivity index (χ1n) is 7.25. The van der Waals surface area contributed by atoms with Crippen LogP contribution in [0.2, 0.25) is 0 Å². The fraction of sp³-hybridized carbons (Fsp3) is 0.562. The summed E-state index contributed by atoms with van der Waals surface area (Å²) in [4.78, 5) is 17.1. The number of carbonyl (C=O) groups excluding carboxylic acids is 1. The molecular weight excluding hydrogens is 332 g/mol. The van der Waals surface area contributed by atoms with Gasteiger partial charge in [-0.15, -0.1) is 0 Å². The first-order valence-corrected chi connectivity index (χ1v) is 8.04. The Kier molecular flexibility index (Phi) is 5.79. The molecule has 1 aliphatic rings. The maximum absolute atomic E-state index is 12.7. The fourth-order valence-corrected chi connectivity index (χ4v) is 3.22. The van der Waals surface area contributed by atoms with E-state index in [1.54, 1.807) is 7.11 Å². The van der Waals surface area contributed by atoms with Crippen LogP contribution in [0.15, 0.2) is 22.7 Å². The Labute approximate surface area is 135 Å². The monoisotopic (exact) mass is 354 g/mol. The molecule has 0 saturated carbocycles. The molecule has 0 bridgehead atoms. The minimum absolute atomic E-state index is 0.0406. The molecule has 4 nitrogen and oxygen atoms in total. The quantitative estimate of drug-likeness (QED) is 0.829. The lowest BCUT2D eigenvalue weighted by atomic mass is 10.0. The molecule has 0 amide bonds. The number of likely N-dealkylation sites (N-methyl/N-ethyl adjacent to an activating group) is 2. The first kappa shape index (κ1) is 16.5. The molecule has 0 N–H and O–H groups in total. The minimum atomic E-state index is -0.0406. The summed E-state index contributed by atoms with van der Waals surface area (Å²) in [7, 11) is 5.77. The van der Waals surface area contributed by atoms with Crippen LogP contribution in [0.4, 0.5) is 0 Å². The predicted octanol–water partition coefficient (Wildman–Crippen LogP) is 2.21. The zero-order valence-corrected chi connectivity index (χ0v) is 14.5. The molecule has 1 aliphatic heterocycles. The van der Waals surface area contributed by atoms with Crippen molar-refractivity contribution in [3.8, 4) is 5.75 Å². The molecule has 1 aromatic rings. The zero-order valence-electron chi connectivity index (χ0n) is 12.9. The lowest BCUT2D eigenvalue weighted by Crippen LogP contribution is -2.44. The molecule has 1 saturated heterocycles. The Hall–Kier alpha value is -0.910. The largest absolute Gasteiger partial charge is 0.496 e. The van der Waals surface area contributed by atoms with Crippen molar-refractivity contribution < 1.29 is 9.53 Å². The summed E-state index contributed by atoms with van der Waals surface area (Å²) >= 11 is 3.46. The molecule has 0 radical (unpaired) electrons. The number of rotatable bonds is 4. The first-order chi connectivity index (χ1) is 10.0. The summed E-state index contributed by atoms with van der Waals surface area (Å²) in [6.45, 7) is 2.82. The average Bonchev–Trinajstić information content (AvgIpc) is 2.60. The van der Waals surface area contributed by atoms with Crippen molar-refractivity contribution in [2.45, 2.75) is 18.9 Å². The Morgan fingerprint density at radius 2 is 2.14 bits per heavy atom. The molecule has 0 aromatic heterocycles. The maximum Gasteiger partial charge on any atom is 0.155 e. The van der Waals surface area contributed by atoms with Gasteiger partial charge < -0.3 is 9.64 Å². The second-order valence-corrected chi connectivity index (χ2v) is 6.63. The highest BCUT2D eigenvalue weighted by molar-refractivity contribution is 9.10. The number of benzene rings is 1. The van der Waals surface area contributed by atoms with Gasteiger partial charge in [0.2, 0.25) is 0 Å². The van der Waals surface area contributed by atoms with Crippen LogP contribution in [0.3, 0.4) is 0 Å². The van der Waals surface area contributed by atoms with Crippen molar-refractivity contribution in [3.05, 3.63) is 28.2 Å². The Morgan fingerprint density at radius 3 is 2.86 bits per heavy atom. The normalized spacial score (nSPS) is 21.0. The van der Waals surface area contributed by atoms with Gasteiger partial charge in [0.25, 0.3) is 0 Å². The smallest absolute Gasteiger partial charge is 0.155 e. The number of ketones is 1. The molecule has 1 fully saturated rings. The third kappa shape index (κ3) is 4.28. The van der Waals surface area contributed by atoms with Crippen LogP contribution < -0.4 is 4.74 Å². The van der Waals surface area contributed by atoms with Crippen LogP contribution in [0, 0.1) is 0 Å². The van der Waals surface area contributed by atoms with Gasteiger partial charge in [-0.05, 0) is 51.8 Å². The molecule has 0 aliphatic carbocycles. The van der Waals surface area contributed by atoms with Crippen LogP contribution in [0.5, 0.6) is 5.75 Å². The molecule has 21 heavy (non-hydrogen) atoms. The van der Waals surface area contributed by atoms with Gasteiger partial charge in [0.15, 0.2) is 5.78 Å². The third-order valence-corrected chi connectivity index (χ3v) is 4.54. The molecule has 0 spiro atoms. The van der Waals surface area contributed by atoms with Crippen LogP contribution in [-0.2, 0) is 11.2 Å². The standard InChI is InChI=1S/C16H23BrN2O2/c1-18-7-4-8-19(2)14(11-18)15(20)10-12-9-13(17)5-6-16(12)21-3/h5-6,9,14H,4,7-8,10-11H2,1-3H3. The summed E-state index contributed by atoms with van der Waals surface area (Å²) in [6.07, 6.45) is 1.52. The van der Waals surface area contributed by atoms with Crippen molar-refractivity contribution in [1.82, 2.24) is 9.80 Å². The number of halogens is 1. The van der Waals surface area contributed by atoms with Gasteiger partial charge in [-0.25, -0.2) is 0 Å². The van der Waals surface area contributed by atoms with E-state index in [1.807, 2.05) is 25.2 Å². The summed E-state index contributed by atoms with van der Waals surface area (Å²) in [5, 5.41) is 0. The average molecular weight is 355 g/mol. The molecule has 1 unspecified atom stereocenters. The number of ether oxygens (including phenoxy) is 1. The van der Waals surface area contributed by atoms with Gasteiger partial charge in [-0.2, -0.15) is 0 Å². The zero-order chi connectivity index (χ0) is 15.4. The molecule has 2 rings (SSSR count). The van der Waals surface area contributed by atoms with Gasteiger partial charge >= 0.3 is 0 Å². The van der Waals surface area contributed by atoms with Gasteiger partial charge in [-0.1, -0.05) is 15.9 Å². The number of methoxy groups -OCH3 is 1. The number of Topliss-reactive ketones (excluding diaryl/α,β-unsaturated/α-hetero) is 1. The minimum Gasteiger partial charge on any atom is -0.496 e. The highest BCUT2D eigenvalue weighted by Gasteiger charge is 2.27. The highest BCUT2D eigenvalue weighted by atomic mass is 79.9. The Morgan fingerprint density at radius 1 is 1.38 bits per heavy atom. The topological polar surface area (TPSA) is 32.8 Å². The van der Waals surface area contributed by atoms with E-state index in [4.69, 9.17) is 4.74 Å². The summed E-state index contributed by atoms with van der Waals surface area (Å²) in [5.74, 6) is 1.03. The second-order valence-electron chi connectivity index (χ2n) is 5.71. The van der Waals surface area contributed by atoms with E-state index in [1.165, 1.54) is 0 Å². The molecule has 5 heteroatoms. The molecule has 1 heterocycles. The molecule has 116 valence electrons. The van der Waals surface area contributed by atoms with E-state index in [0.717, 1.165) is 41.8 Å². The lowest BCUT2D eigenvalue weighted by molar-refractivity contribution is -0.123. The summed E-state index contributed by atoms with van der Waals surface area (Å²) in [6, 6.07) is 5.76. The van der Waals surface area contributed by atoms with Crippen molar-refractivity contribution >= 4 is 21.7 Å². The Balaban J connectivity index is 2.14. The maximum atomic E-state index is 12.7. The number of nitrogens with zero attached hydrogens (tertiary/aromatic N) is 2. The third-order valence-electron chi connectivity index (χ3n) is 4.05. The van der Waals surface area contributed by atoms with Crippen molar-refractivity contribution in [3.63, 3.8) is 0 Å². The summed E-state index contributed by atoms with van der Waals surface area (Å²) < 4.78 is 6.33. The van der Waals surface area contributed by atoms with E-state index in [2.05, 4.69) is 32.8 Å². The van der Waals surface area contributed by atoms with E-state index >= 15 is 0 Å². The van der Waals surface area contributed by atoms with Crippen molar-refractivity contribution in [2.24, 2.45) is 0 Å². The molecule has 1 aromatic carbocycles. The highest BCUT2D eigenvalue weighted by Crippen LogP contribution is 2.24. The number of carbonyl (C=O) groups is 1. The lowest BCUT2D eigenvalue weighted by Gasteiger charge is -2.26. The van der Waals surface area contributed by atoms with Crippen LogP contribution in [-0.4, -0.2) is 62.5 Å². The molecular formula is C16H23BrN2O2. The van der Waals surface area contributed by atoms with Gasteiger partial charge in [0, 0.05) is 23.0 Å². The van der Waals surface area contributed by atoms with E-state index in [0.29, 0.717) is 6.42 Å². The predicted molar refractivity (Wildman–Crippen MR) is 87.9 cm³/mol. The van der Waals surface area contributed by atoms with E-state index in [9.17, 15) is 4.79 Å². The van der Waals surface area contributed by atoms with Crippen LogP contribution in [0.25, 0.3) is 0 Å². The SMILES string of the molecule is COc1ccc(Br)cc1CC(=O)C1CN(C)CCCN1C. The number of hydrogen-bond donors (Lipinski definition) is 0. The van der Waals surface area contributed by atoms with Crippen LogP contribution in [0.1, 0.15) is 12.0 Å². The van der Waals surface area contributed by atoms with Crippen molar-refractivity contribution in [1.29, 1.82) is 0 Å². The fourth-order valence-electron chi connectivity index (χ4n) is 2.81. The van der Waals surface area contributed by atoms with Gasteiger partial charge in [0.05, 0.1) is 13.2 Å². The number of hydrogen-bond acceptors (Lipinski definition) is 4. The van der Waals surface area contributed by atoms with Crippen LogP contribution >= 0.6 is 15.9 Å². The van der Waals surface area contributed by atoms with Gasteiger partial charge in [-0.3, -0.25) is 9.69 Å². The van der Waals surface area contributed by atoms with E-state index < -0.39 is 0 Å². The summed E-state index contributed by atoms with van der Waals surface area (Å²) in [5.41, 5.74) is 0.942.